The van der Waals surface area contributed by atoms with E-state index in [1.165, 1.54) is 11.8 Å². The van der Waals surface area contributed by atoms with Crippen molar-refractivity contribution in [3.63, 3.8) is 0 Å². The molecular weight excluding hydrogens is 368 g/mol. The topological polar surface area (TPSA) is 59.0 Å². The van der Waals surface area contributed by atoms with Crippen molar-refractivity contribution in [3.8, 4) is 22.5 Å². The molecule has 6 heteroatoms. The summed E-state index contributed by atoms with van der Waals surface area (Å²) in [4.78, 5) is 19.2. The Balaban J connectivity index is 1.96. The van der Waals surface area contributed by atoms with Crippen LogP contribution in [-0.2, 0) is 4.79 Å². The molecule has 5 nitrogen and oxygen atoms in total. The summed E-state index contributed by atoms with van der Waals surface area (Å²) in [7, 11) is 0. The van der Waals surface area contributed by atoms with Gasteiger partial charge in [-0.1, -0.05) is 72.4 Å². The normalized spacial score (nSPS) is 11.8. The second-order valence-electron chi connectivity index (χ2n) is 6.29. The van der Waals surface area contributed by atoms with E-state index < -0.39 is 0 Å². The monoisotopic (exact) mass is 392 g/mol. The first kappa shape index (κ1) is 20.0. The summed E-state index contributed by atoms with van der Waals surface area (Å²) < 4.78 is 0. The van der Waals surface area contributed by atoms with Gasteiger partial charge in [-0.2, -0.15) is 0 Å². The Morgan fingerprint density at radius 2 is 1.43 bits per heavy atom. The molecule has 0 aliphatic heterocycles. The first-order chi connectivity index (χ1) is 13.6. The lowest BCUT2D eigenvalue weighted by Crippen LogP contribution is -2.36. The molecule has 0 saturated carbocycles. The number of carbonyl (C=O) groups excluding carboxylic acids is 1. The first-order valence-electron chi connectivity index (χ1n) is 9.45. The van der Waals surface area contributed by atoms with Gasteiger partial charge in [0.15, 0.2) is 0 Å². The van der Waals surface area contributed by atoms with Gasteiger partial charge in [-0.25, -0.2) is 4.98 Å². The maximum atomic E-state index is 12.6. The third-order valence-corrected chi connectivity index (χ3v) is 5.41. The SMILES string of the molecule is CCN(CC)C(=O)C(C)Sc1nnc(-c2ccccc2)c(-c2ccccc2)n1. The van der Waals surface area contributed by atoms with Gasteiger partial charge in [-0.3, -0.25) is 4.79 Å². The molecule has 28 heavy (non-hydrogen) atoms. The van der Waals surface area contributed by atoms with E-state index >= 15 is 0 Å². The predicted molar refractivity (Wildman–Crippen MR) is 114 cm³/mol. The van der Waals surface area contributed by atoms with Gasteiger partial charge < -0.3 is 4.90 Å². The average molecular weight is 393 g/mol. The van der Waals surface area contributed by atoms with Crippen LogP contribution in [0.15, 0.2) is 65.8 Å². The number of benzene rings is 2. The highest BCUT2D eigenvalue weighted by Gasteiger charge is 2.22. The van der Waals surface area contributed by atoms with Crippen LogP contribution in [0.3, 0.4) is 0 Å². The first-order valence-corrected chi connectivity index (χ1v) is 10.3. The van der Waals surface area contributed by atoms with E-state index in [4.69, 9.17) is 4.98 Å². The predicted octanol–water partition coefficient (Wildman–Crippen LogP) is 4.55. The van der Waals surface area contributed by atoms with Crippen LogP contribution in [0.25, 0.3) is 22.5 Å². The molecule has 3 aromatic rings. The highest BCUT2D eigenvalue weighted by Crippen LogP contribution is 2.30. The molecule has 1 unspecified atom stereocenters. The van der Waals surface area contributed by atoms with Crippen LogP contribution in [0.5, 0.6) is 0 Å². The fraction of sp³-hybridized carbons (Fsp3) is 0.273. The van der Waals surface area contributed by atoms with Crippen molar-refractivity contribution >= 4 is 17.7 Å². The fourth-order valence-corrected chi connectivity index (χ4v) is 3.75. The third kappa shape index (κ3) is 4.57. The van der Waals surface area contributed by atoms with Gasteiger partial charge in [-0.05, 0) is 20.8 Å². The largest absolute Gasteiger partial charge is 0.342 e. The number of hydrogen-bond donors (Lipinski definition) is 0. The van der Waals surface area contributed by atoms with Gasteiger partial charge in [-0.15, -0.1) is 10.2 Å². The van der Waals surface area contributed by atoms with Gasteiger partial charge in [0.25, 0.3) is 0 Å². The summed E-state index contributed by atoms with van der Waals surface area (Å²) in [6, 6.07) is 19.9. The minimum Gasteiger partial charge on any atom is -0.342 e. The Morgan fingerprint density at radius 3 is 1.96 bits per heavy atom. The summed E-state index contributed by atoms with van der Waals surface area (Å²) in [6.45, 7) is 7.25. The molecule has 0 bridgehead atoms. The molecule has 0 aliphatic rings. The Bertz CT molecular complexity index is 914. The molecule has 0 spiro atoms. The van der Waals surface area contributed by atoms with Crippen LogP contribution in [0.2, 0.25) is 0 Å². The molecule has 0 N–H and O–H groups in total. The molecule has 3 rings (SSSR count). The maximum absolute atomic E-state index is 12.6. The van der Waals surface area contributed by atoms with Gasteiger partial charge >= 0.3 is 0 Å². The zero-order valence-corrected chi connectivity index (χ0v) is 17.2. The number of hydrogen-bond acceptors (Lipinski definition) is 5. The van der Waals surface area contributed by atoms with E-state index in [9.17, 15) is 4.79 Å². The van der Waals surface area contributed by atoms with Crippen LogP contribution in [-0.4, -0.2) is 44.3 Å². The average Bonchev–Trinajstić information content (AvgIpc) is 2.75. The second-order valence-corrected chi connectivity index (χ2v) is 7.60. The molecule has 0 radical (unpaired) electrons. The second kappa shape index (κ2) is 9.46. The molecule has 0 fully saturated rings. The number of aromatic nitrogens is 3. The summed E-state index contributed by atoms with van der Waals surface area (Å²) in [5, 5.41) is 9.01. The zero-order chi connectivity index (χ0) is 19.9. The van der Waals surface area contributed by atoms with Crippen molar-refractivity contribution < 1.29 is 4.79 Å². The Labute approximate surface area is 170 Å². The van der Waals surface area contributed by atoms with E-state index in [0.29, 0.717) is 18.2 Å². The molecule has 1 aromatic heterocycles. The molecule has 1 atom stereocenters. The van der Waals surface area contributed by atoms with Crippen LogP contribution in [0.4, 0.5) is 0 Å². The van der Waals surface area contributed by atoms with Gasteiger partial charge in [0.1, 0.15) is 11.4 Å². The number of carbonyl (C=O) groups is 1. The molecule has 1 amide bonds. The maximum Gasteiger partial charge on any atom is 0.235 e. The van der Waals surface area contributed by atoms with E-state index in [1.807, 2.05) is 86.3 Å². The van der Waals surface area contributed by atoms with Gasteiger partial charge in [0, 0.05) is 24.2 Å². The molecule has 0 aliphatic carbocycles. The minimum absolute atomic E-state index is 0.0898. The Kier molecular flexibility index (Phi) is 6.76. The lowest BCUT2D eigenvalue weighted by molar-refractivity contribution is -0.129. The Hall–Kier alpha value is -2.73. The lowest BCUT2D eigenvalue weighted by Gasteiger charge is -2.22. The van der Waals surface area contributed by atoms with Crippen molar-refractivity contribution in [2.75, 3.05) is 13.1 Å². The highest BCUT2D eigenvalue weighted by atomic mass is 32.2. The van der Waals surface area contributed by atoms with Crippen molar-refractivity contribution in [1.82, 2.24) is 20.1 Å². The number of thioether (sulfide) groups is 1. The summed E-state index contributed by atoms with van der Waals surface area (Å²) in [5.41, 5.74) is 3.44. The minimum atomic E-state index is -0.270. The van der Waals surface area contributed by atoms with Gasteiger partial charge in [0.05, 0.1) is 5.25 Å². The smallest absolute Gasteiger partial charge is 0.235 e. The van der Waals surface area contributed by atoms with Gasteiger partial charge in [0.2, 0.25) is 11.1 Å². The lowest BCUT2D eigenvalue weighted by atomic mass is 10.0. The molecule has 144 valence electrons. The summed E-state index contributed by atoms with van der Waals surface area (Å²) in [5.74, 6) is 0.0898. The van der Waals surface area contributed by atoms with Crippen molar-refractivity contribution in [1.29, 1.82) is 0 Å². The van der Waals surface area contributed by atoms with Crippen LogP contribution in [0.1, 0.15) is 20.8 Å². The van der Waals surface area contributed by atoms with E-state index in [0.717, 1.165) is 22.5 Å². The summed E-state index contributed by atoms with van der Waals surface area (Å²) >= 11 is 1.35. The van der Waals surface area contributed by atoms with E-state index in [1.54, 1.807) is 0 Å². The Morgan fingerprint density at radius 1 is 0.893 bits per heavy atom. The van der Waals surface area contributed by atoms with Crippen molar-refractivity contribution in [2.45, 2.75) is 31.2 Å². The highest BCUT2D eigenvalue weighted by molar-refractivity contribution is 8.00. The third-order valence-electron chi connectivity index (χ3n) is 4.47. The number of nitrogens with zero attached hydrogens (tertiary/aromatic N) is 4. The van der Waals surface area contributed by atoms with E-state index in [-0.39, 0.29) is 11.2 Å². The molecule has 2 aromatic carbocycles. The molecule has 1 heterocycles. The van der Waals surface area contributed by atoms with E-state index in [2.05, 4.69) is 10.2 Å². The molecule has 0 saturated heterocycles. The van der Waals surface area contributed by atoms with Crippen LogP contribution in [0, 0.1) is 0 Å². The van der Waals surface area contributed by atoms with Crippen LogP contribution < -0.4 is 0 Å². The fourth-order valence-electron chi connectivity index (χ4n) is 2.95. The van der Waals surface area contributed by atoms with Crippen molar-refractivity contribution in [3.05, 3.63) is 60.7 Å². The summed E-state index contributed by atoms with van der Waals surface area (Å²) in [6.07, 6.45) is 0. The van der Waals surface area contributed by atoms with Crippen LogP contribution >= 0.6 is 11.8 Å². The quantitative estimate of drug-likeness (QED) is 0.552. The standard InChI is InChI=1S/C22H24N4OS/c1-4-26(5-2)21(27)16(3)28-22-23-19(17-12-8-6-9-13-17)20(24-25-22)18-14-10-7-11-15-18/h6-16H,4-5H2,1-3H3. The number of rotatable bonds is 7. The van der Waals surface area contributed by atoms with Crippen molar-refractivity contribution in [2.24, 2.45) is 0 Å². The molecular formula is C22H24N4OS. The zero-order valence-electron chi connectivity index (χ0n) is 16.4. The number of amides is 1.